The van der Waals surface area contributed by atoms with Gasteiger partial charge in [-0.2, -0.15) is 0 Å². The van der Waals surface area contributed by atoms with Crippen molar-refractivity contribution >= 4 is 70.7 Å². The van der Waals surface area contributed by atoms with Crippen molar-refractivity contribution in [1.82, 2.24) is 13.7 Å². The number of nitrogens with zero attached hydrogens (tertiary/aromatic N) is 3. The number of rotatable bonds is 24. The Labute approximate surface area is 353 Å². The molecule has 12 nitrogen and oxygen atoms in total. The molecule has 0 amide bonds. The van der Waals surface area contributed by atoms with Gasteiger partial charge in [-0.3, -0.25) is 0 Å². The van der Waals surface area contributed by atoms with E-state index in [1.54, 1.807) is 42.7 Å². The fourth-order valence-corrected chi connectivity index (χ4v) is 25.0. The minimum absolute atomic E-state index is 0.280. The van der Waals surface area contributed by atoms with Crippen LogP contribution in [0.1, 0.15) is 12.8 Å². The van der Waals surface area contributed by atoms with Crippen molar-refractivity contribution in [3.63, 3.8) is 0 Å². The molecule has 2 aromatic carbocycles. The fourth-order valence-electron chi connectivity index (χ4n) is 7.86. The lowest BCUT2D eigenvalue weighted by molar-refractivity contribution is 0.124. The van der Waals surface area contributed by atoms with Gasteiger partial charge in [-0.25, -0.2) is 28.1 Å². The lowest BCUT2D eigenvalue weighted by Gasteiger charge is -2.30. The minimum Gasteiger partial charge on any atom is -0.377 e. The van der Waals surface area contributed by atoms with E-state index in [1.807, 2.05) is 0 Å². The van der Waals surface area contributed by atoms with Crippen LogP contribution in [0.5, 0.6) is 0 Å². The van der Waals surface area contributed by atoms with Gasteiger partial charge in [-0.15, -0.1) is 0 Å². The summed E-state index contributed by atoms with van der Waals surface area (Å²) >= 11 is 0. The summed E-state index contributed by atoms with van der Waals surface area (Å²) in [4.78, 5) is 40.2. The van der Waals surface area contributed by atoms with Crippen LogP contribution in [0.3, 0.4) is 0 Å². The average molecular weight is 909 g/mol. The van der Waals surface area contributed by atoms with E-state index in [1.165, 1.54) is 36.9 Å². The summed E-state index contributed by atoms with van der Waals surface area (Å²) in [5.41, 5.74) is -1.61. The van der Waals surface area contributed by atoms with Gasteiger partial charge in [0.05, 0.1) is 32.3 Å². The van der Waals surface area contributed by atoms with E-state index < -0.39 is 67.0 Å². The second kappa shape index (κ2) is 20.7. The molecule has 0 saturated heterocycles. The van der Waals surface area contributed by atoms with Gasteiger partial charge >= 0.3 is 34.7 Å². The second-order valence-corrected chi connectivity index (χ2v) is 43.8. The molecule has 0 aliphatic rings. The molecular formula is C40H73N3O9Si6. The van der Waals surface area contributed by atoms with Gasteiger partial charge in [0, 0.05) is 74.9 Å². The molecule has 1 heterocycles. The van der Waals surface area contributed by atoms with E-state index in [2.05, 4.69) is 101 Å². The van der Waals surface area contributed by atoms with Crippen LogP contribution in [0.15, 0.2) is 62.9 Å². The van der Waals surface area contributed by atoms with Crippen molar-refractivity contribution in [2.45, 2.75) is 115 Å². The first-order chi connectivity index (χ1) is 27.0. The van der Waals surface area contributed by atoms with Crippen LogP contribution in [0.25, 0.3) is 0 Å². The van der Waals surface area contributed by atoms with E-state index in [9.17, 15) is 14.4 Å². The van der Waals surface area contributed by atoms with Crippen molar-refractivity contribution in [2.24, 2.45) is 7.05 Å². The summed E-state index contributed by atoms with van der Waals surface area (Å²) < 4.78 is 37.6. The molecular weight excluding hydrogens is 835 g/mol. The lowest BCUT2D eigenvalue weighted by atomic mass is 10.4. The minimum atomic E-state index is -2.64. The van der Waals surface area contributed by atoms with Crippen LogP contribution in [0, 0.1) is 0 Å². The van der Waals surface area contributed by atoms with Crippen molar-refractivity contribution in [1.29, 1.82) is 0 Å². The molecule has 0 unspecified atom stereocenters. The molecule has 0 fully saturated rings. The van der Waals surface area contributed by atoms with E-state index >= 15 is 0 Å². The summed E-state index contributed by atoms with van der Waals surface area (Å²) in [5.74, 6) is 0. The lowest BCUT2D eigenvalue weighted by Crippen LogP contribution is -2.54. The van der Waals surface area contributed by atoms with Gasteiger partial charge in [0.2, 0.25) is 0 Å². The zero-order valence-corrected chi connectivity index (χ0v) is 44.2. The molecule has 0 bridgehead atoms. The predicted octanol–water partition coefficient (Wildman–Crippen LogP) is 4.31. The monoisotopic (exact) mass is 907 g/mol. The van der Waals surface area contributed by atoms with E-state index in [0.29, 0.717) is 12.8 Å². The van der Waals surface area contributed by atoms with E-state index in [-0.39, 0.29) is 13.1 Å². The number of benzene rings is 2. The molecule has 326 valence electrons. The topological polar surface area (TPSA) is 121 Å². The van der Waals surface area contributed by atoms with Gasteiger partial charge in [-0.05, 0) is 24.9 Å². The Bertz CT molecular complexity index is 1800. The first-order valence-corrected chi connectivity index (χ1v) is 37.2. The van der Waals surface area contributed by atoms with Gasteiger partial charge in [0.15, 0.2) is 0 Å². The third kappa shape index (κ3) is 12.1. The zero-order chi connectivity index (χ0) is 43.7. The van der Waals surface area contributed by atoms with Crippen LogP contribution >= 0.6 is 0 Å². The maximum atomic E-state index is 13.7. The molecule has 0 aliphatic carbocycles. The standard InChI is InChI=1S/C40H73N3O9Si6/c1-41-38(44)42(26-16-28-53(8,9)34-18-22-36(23-19-34)55(12,13)30-32-57(47-2,48-3)49-4)40(46)43(39(41)45)27-17-29-54(10,11)35-20-24-37(25-21-35)56(14,15)31-33-58(50-5,51-6)52-7/h18-25H,16-17,26-33H2,1-15H3. The highest BCUT2D eigenvalue weighted by Gasteiger charge is 2.41. The Kier molecular flexibility index (Phi) is 17.9. The first kappa shape index (κ1) is 50.3. The summed E-state index contributed by atoms with van der Waals surface area (Å²) in [6.07, 6.45) is 1.35. The van der Waals surface area contributed by atoms with Crippen molar-refractivity contribution in [3.05, 3.63) is 80.0 Å². The van der Waals surface area contributed by atoms with Crippen LogP contribution in [-0.4, -0.2) is 106 Å². The Balaban J connectivity index is 1.67. The summed E-state index contributed by atoms with van der Waals surface area (Å²) in [5, 5.41) is 5.45. The predicted molar refractivity (Wildman–Crippen MR) is 253 cm³/mol. The van der Waals surface area contributed by atoms with Crippen LogP contribution < -0.4 is 37.8 Å². The van der Waals surface area contributed by atoms with Crippen molar-refractivity contribution in [2.75, 3.05) is 42.7 Å². The van der Waals surface area contributed by atoms with Crippen molar-refractivity contribution < 1.29 is 26.6 Å². The van der Waals surface area contributed by atoms with E-state index in [0.717, 1.165) is 40.8 Å². The van der Waals surface area contributed by atoms with Crippen molar-refractivity contribution in [3.8, 4) is 0 Å². The molecule has 58 heavy (non-hydrogen) atoms. The molecule has 3 aromatic rings. The molecule has 0 N–H and O–H groups in total. The molecule has 0 aliphatic heterocycles. The molecule has 18 heteroatoms. The Morgan fingerprint density at radius 3 is 0.879 bits per heavy atom. The summed E-state index contributed by atoms with van der Waals surface area (Å²) in [6.45, 7) is 19.4. The SMILES string of the molecule is CO[Si](CC[Si](C)(C)c1ccc([Si](C)(C)CCCn2c(=O)n(C)c(=O)n(CCC[Si](C)(C)c3ccc([Si](C)(C)CC[Si](OC)(OC)OC)cc3)c2=O)cc1)(OC)OC. The van der Waals surface area contributed by atoms with Gasteiger partial charge in [-0.1, -0.05) is 134 Å². The highest BCUT2D eigenvalue weighted by atomic mass is 28.4. The average Bonchev–Trinajstić information content (AvgIpc) is 3.21. The largest absolute Gasteiger partial charge is 0.499 e. The molecule has 3 rings (SSSR count). The molecule has 0 saturated carbocycles. The zero-order valence-electron chi connectivity index (χ0n) is 38.2. The maximum absolute atomic E-state index is 13.7. The van der Waals surface area contributed by atoms with Crippen LogP contribution in [-0.2, 0) is 46.7 Å². The smallest absolute Gasteiger partial charge is 0.377 e. The van der Waals surface area contributed by atoms with Crippen LogP contribution in [0.4, 0.5) is 0 Å². The Hall–Kier alpha value is -2.09. The Morgan fingerprint density at radius 1 is 0.397 bits per heavy atom. The number of aromatic nitrogens is 3. The fraction of sp³-hybridized carbons (Fsp3) is 0.625. The second-order valence-electron chi connectivity index (χ2n) is 18.2. The normalized spacial score (nSPS) is 13.4. The highest BCUT2D eigenvalue weighted by Crippen LogP contribution is 2.24. The summed E-state index contributed by atoms with van der Waals surface area (Å²) in [6, 6.07) is 23.6. The highest BCUT2D eigenvalue weighted by molar-refractivity contribution is 6.92. The first-order valence-electron chi connectivity index (χ1n) is 20.5. The quantitative estimate of drug-likeness (QED) is 0.121. The third-order valence-corrected chi connectivity index (χ3v) is 33.0. The van der Waals surface area contributed by atoms with Crippen LogP contribution in [0.2, 0.25) is 88.6 Å². The van der Waals surface area contributed by atoms with Gasteiger partial charge < -0.3 is 26.6 Å². The molecule has 0 spiro atoms. The number of hydrogen-bond donors (Lipinski definition) is 0. The Morgan fingerprint density at radius 2 is 0.638 bits per heavy atom. The van der Waals surface area contributed by atoms with Gasteiger partial charge in [0.25, 0.3) is 0 Å². The van der Waals surface area contributed by atoms with E-state index in [4.69, 9.17) is 26.6 Å². The van der Waals surface area contributed by atoms with Gasteiger partial charge in [0.1, 0.15) is 0 Å². The molecule has 1 aromatic heterocycles. The molecule has 0 atom stereocenters. The molecule has 0 radical (unpaired) electrons. The number of hydrogen-bond acceptors (Lipinski definition) is 9. The third-order valence-electron chi connectivity index (χ3n) is 12.7. The summed E-state index contributed by atoms with van der Waals surface area (Å²) in [7, 11) is -1.16. The maximum Gasteiger partial charge on any atom is 0.499 e.